The lowest BCUT2D eigenvalue weighted by atomic mass is 10.1. The molecule has 0 atom stereocenters. The van der Waals surface area contributed by atoms with Crippen molar-refractivity contribution < 1.29 is 0 Å². The third-order valence-corrected chi connectivity index (χ3v) is 5.85. The van der Waals surface area contributed by atoms with Crippen molar-refractivity contribution in [1.29, 1.82) is 0 Å². The van der Waals surface area contributed by atoms with Crippen molar-refractivity contribution in [3.63, 3.8) is 0 Å². The van der Waals surface area contributed by atoms with Crippen LogP contribution in [-0.4, -0.2) is 15.9 Å². The number of aromatic nitrogens is 2. The van der Waals surface area contributed by atoms with Crippen LogP contribution >= 0.6 is 22.9 Å². The van der Waals surface area contributed by atoms with Crippen LogP contribution in [0.2, 0.25) is 5.02 Å². The summed E-state index contributed by atoms with van der Waals surface area (Å²) in [6, 6.07) is 6.19. The summed E-state index contributed by atoms with van der Waals surface area (Å²) in [5.41, 5.74) is 6.13. The van der Waals surface area contributed by atoms with Crippen LogP contribution in [0.5, 0.6) is 0 Å². The van der Waals surface area contributed by atoms with Gasteiger partial charge in [0, 0.05) is 40.7 Å². The molecule has 1 aliphatic heterocycles. The molecule has 4 rings (SSSR count). The zero-order chi connectivity index (χ0) is 15.3. The number of benzene rings is 1. The summed E-state index contributed by atoms with van der Waals surface area (Å²) in [7, 11) is 0. The predicted molar refractivity (Wildman–Crippen MR) is 93.0 cm³/mol. The lowest BCUT2D eigenvalue weighted by molar-refractivity contribution is 0.635. The summed E-state index contributed by atoms with van der Waals surface area (Å²) in [6.07, 6.45) is 2.06. The maximum absolute atomic E-state index is 6.16. The van der Waals surface area contributed by atoms with Gasteiger partial charge in [0.2, 0.25) is 0 Å². The summed E-state index contributed by atoms with van der Waals surface area (Å²) < 4.78 is 2.39. The van der Waals surface area contributed by atoms with Gasteiger partial charge in [0.25, 0.3) is 0 Å². The number of nitrogens with one attached hydrogen (secondary N) is 1. The molecule has 22 heavy (non-hydrogen) atoms. The first-order valence-electron chi connectivity index (χ1n) is 7.68. The van der Waals surface area contributed by atoms with Crippen molar-refractivity contribution in [2.24, 2.45) is 0 Å². The van der Waals surface area contributed by atoms with Crippen LogP contribution in [0.15, 0.2) is 18.2 Å². The van der Waals surface area contributed by atoms with Crippen molar-refractivity contribution in [2.75, 3.05) is 6.54 Å². The molecule has 0 amide bonds. The van der Waals surface area contributed by atoms with Crippen molar-refractivity contribution in [3.05, 3.63) is 45.1 Å². The third-order valence-electron chi connectivity index (χ3n) is 4.34. The molecule has 0 spiro atoms. The zero-order valence-corrected chi connectivity index (χ0v) is 14.3. The number of hydrogen-bond acceptors (Lipinski definition) is 3. The number of thiazole rings is 1. The summed E-state index contributed by atoms with van der Waals surface area (Å²) in [5, 5.41) is 4.26. The van der Waals surface area contributed by atoms with E-state index in [4.69, 9.17) is 16.6 Å². The SMILES string of the molecule is CCc1c(-c2ccc(Cl)c(C)c2)nc2sc3c(n12)CCNC3. The largest absolute Gasteiger partial charge is 0.311 e. The van der Waals surface area contributed by atoms with E-state index in [0.29, 0.717) is 0 Å². The lowest BCUT2D eigenvalue weighted by Gasteiger charge is -2.13. The van der Waals surface area contributed by atoms with Gasteiger partial charge in [-0.3, -0.25) is 4.40 Å². The van der Waals surface area contributed by atoms with Crippen LogP contribution in [0.4, 0.5) is 0 Å². The Labute approximate surface area is 139 Å². The Balaban J connectivity index is 1.94. The Bertz CT molecular complexity index is 863. The highest BCUT2D eigenvalue weighted by atomic mass is 35.5. The third kappa shape index (κ3) is 2.09. The molecular weight excluding hydrogens is 314 g/mol. The van der Waals surface area contributed by atoms with E-state index in [0.717, 1.165) is 52.7 Å². The van der Waals surface area contributed by atoms with E-state index in [9.17, 15) is 0 Å². The quantitative estimate of drug-likeness (QED) is 0.761. The highest BCUT2D eigenvalue weighted by Gasteiger charge is 2.22. The minimum Gasteiger partial charge on any atom is -0.311 e. The van der Waals surface area contributed by atoms with E-state index in [1.807, 2.05) is 24.3 Å². The van der Waals surface area contributed by atoms with E-state index in [2.05, 4.69) is 28.8 Å². The molecule has 0 saturated heterocycles. The van der Waals surface area contributed by atoms with Gasteiger partial charge in [-0.15, -0.1) is 0 Å². The maximum atomic E-state index is 6.16. The fraction of sp³-hybridized carbons (Fsp3) is 0.353. The number of hydrogen-bond donors (Lipinski definition) is 1. The first-order valence-corrected chi connectivity index (χ1v) is 8.87. The Kier molecular flexibility index (Phi) is 3.48. The molecule has 0 saturated carbocycles. The number of halogens is 1. The first-order chi connectivity index (χ1) is 10.7. The Morgan fingerprint density at radius 1 is 1.41 bits per heavy atom. The van der Waals surface area contributed by atoms with Crippen molar-refractivity contribution in [2.45, 2.75) is 33.2 Å². The Hall–Kier alpha value is -1.36. The molecule has 0 radical (unpaired) electrons. The summed E-state index contributed by atoms with van der Waals surface area (Å²) in [5.74, 6) is 0. The Morgan fingerprint density at radius 3 is 3.05 bits per heavy atom. The number of fused-ring (bicyclic) bond motifs is 3. The second kappa shape index (κ2) is 5.37. The van der Waals surface area contributed by atoms with Gasteiger partial charge in [-0.1, -0.05) is 35.9 Å². The van der Waals surface area contributed by atoms with Gasteiger partial charge >= 0.3 is 0 Å². The molecule has 5 heteroatoms. The molecular formula is C17H18ClN3S. The lowest BCUT2D eigenvalue weighted by Crippen LogP contribution is -2.23. The molecule has 0 unspecified atom stereocenters. The van der Waals surface area contributed by atoms with E-state index >= 15 is 0 Å². The van der Waals surface area contributed by atoms with Gasteiger partial charge in [-0.25, -0.2) is 4.98 Å². The van der Waals surface area contributed by atoms with E-state index in [1.54, 1.807) is 0 Å². The fourth-order valence-corrected chi connectivity index (χ4v) is 4.49. The molecule has 114 valence electrons. The molecule has 0 fully saturated rings. The molecule has 0 bridgehead atoms. The number of nitrogens with zero attached hydrogens (tertiary/aromatic N) is 2. The summed E-state index contributed by atoms with van der Waals surface area (Å²) in [4.78, 5) is 7.49. The molecule has 1 aromatic carbocycles. The normalized spacial score (nSPS) is 14.5. The summed E-state index contributed by atoms with van der Waals surface area (Å²) >= 11 is 7.98. The molecule has 3 heterocycles. The average molecular weight is 332 g/mol. The predicted octanol–water partition coefficient (Wildman–Crippen LogP) is 4.23. The highest BCUT2D eigenvalue weighted by molar-refractivity contribution is 7.17. The van der Waals surface area contributed by atoms with Crippen LogP contribution in [-0.2, 0) is 19.4 Å². The second-order valence-electron chi connectivity index (χ2n) is 5.74. The maximum Gasteiger partial charge on any atom is 0.194 e. The minimum absolute atomic E-state index is 0.811. The number of aryl methyl sites for hydroxylation is 2. The van der Waals surface area contributed by atoms with Crippen LogP contribution in [0.25, 0.3) is 16.2 Å². The molecule has 1 aliphatic rings. The van der Waals surface area contributed by atoms with Crippen molar-refractivity contribution >= 4 is 27.9 Å². The van der Waals surface area contributed by atoms with E-state index in [1.165, 1.54) is 16.3 Å². The monoisotopic (exact) mass is 331 g/mol. The first kappa shape index (κ1) is 14.2. The van der Waals surface area contributed by atoms with Crippen LogP contribution in [0.3, 0.4) is 0 Å². The van der Waals surface area contributed by atoms with Gasteiger partial charge in [0.1, 0.15) is 0 Å². The molecule has 0 aliphatic carbocycles. The van der Waals surface area contributed by atoms with Crippen molar-refractivity contribution in [1.82, 2.24) is 14.7 Å². The van der Waals surface area contributed by atoms with E-state index in [-0.39, 0.29) is 0 Å². The standard InChI is InChI=1S/C17H18ClN3S/c1-3-13-16(11-4-5-12(18)10(2)8-11)20-17-21(13)14-6-7-19-9-15(14)22-17/h4-5,8,19H,3,6-7,9H2,1-2H3. The number of rotatable bonds is 2. The van der Waals surface area contributed by atoms with Gasteiger partial charge in [0.15, 0.2) is 4.96 Å². The van der Waals surface area contributed by atoms with Crippen LogP contribution in [0.1, 0.15) is 28.8 Å². The Morgan fingerprint density at radius 2 is 2.27 bits per heavy atom. The average Bonchev–Trinajstić information content (AvgIpc) is 3.05. The number of imidazole rings is 1. The van der Waals surface area contributed by atoms with Gasteiger partial charge in [0.05, 0.1) is 11.4 Å². The highest BCUT2D eigenvalue weighted by Crippen LogP contribution is 2.34. The van der Waals surface area contributed by atoms with Crippen LogP contribution in [0, 0.1) is 6.92 Å². The topological polar surface area (TPSA) is 29.3 Å². The molecule has 3 aromatic rings. The van der Waals surface area contributed by atoms with E-state index < -0.39 is 0 Å². The van der Waals surface area contributed by atoms with Gasteiger partial charge in [-0.2, -0.15) is 0 Å². The molecule has 1 N–H and O–H groups in total. The van der Waals surface area contributed by atoms with Crippen molar-refractivity contribution in [3.8, 4) is 11.3 Å². The molecule has 2 aromatic heterocycles. The summed E-state index contributed by atoms with van der Waals surface area (Å²) in [6.45, 7) is 6.28. The molecule has 3 nitrogen and oxygen atoms in total. The van der Waals surface area contributed by atoms with Gasteiger partial charge in [-0.05, 0) is 31.0 Å². The fourth-order valence-electron chi connectivity index (χ4n) is 3.22. The zero-order valence-electron chi connectivity index (χ0n) is 12.7. The smallest absolute Gasteiger partial charge is 0.194 e. The minimum atomic E-state index is 0.811. The second-order valence-corrected chi connectivity index (χ2v) is 7.21. The van der Waals surface area contributed by atoms with Gasteiger partial charge < -0.3 is 5.32 Å². The van der Waals surface area contributed by atoms with Crippen LogP contribution < -0.4 is 5.32 Å².